The van der Waals surface area contributed by atoms with Crippen LogP contribution in [0, 0.1) is 0 Å². The molecule has 168 valence electrons. The van der Waals surface area contributed by atoms with Crippen molar-refractivity contribution < 1.29 is 14.4 Å². The molecule has 1 aliphatic rings. The van der Waals surface area contributed by atoms with Crippen LogP contribution >= 0.6 is 0 Å². The minimum Gasteiger partial charge on any atom is -0.346 e. The Kier molecular flexibility index (Phi) is 7.15. The number of nitrogens with zero attached hydrogens (tertiary/aromatic N) is 1. The largest absolute Gasteiger partial charge is 0.346 e. The van der Waals surface area contributed by atoms with E-state index in [9.17, 15) is 14.4 Å². The topological polar surface area (TPSA) is 78.5 Å². The molecule has 3 aromatic carbocycles. The van der Waals surface area contributed by atoms with Gasteiger partial charge in [0.2, 0.25) is 17.7 Å². The number of carbonyl (C=O) groups excluding carboxylic acids is 3. The predicted molar refractivity (Wildman–Crippen MR) is 128 cm³/mol. The van der Waals surface area contributed by atoms with Crippen molar-refractivity contribution in [2.75, 3.05) is 24.5 Å². The smallest absolute Gasteiger partial charge is 0.246 e. The summed E-state index contributed by atoms with van der Waals surface area (Å²) in [5.41, 5.74) is 3.74. The van der Waals surface area contributed by atoms with Gasteiger partial charge in [-0.25, -0.2) is 0 Å². The Bertz CT molecular complexity index is 1080. The lowest BCUT2D eigenvalue weighted by atomic mass is 9.90. The average Bonchev–Trinajstić information content (AvgIpc) is 2.87. The maximum atomic E-state index is 13.0. The first-order chi connectivity index (χ1) is 16.1. The maximum absolute atomic E-state index is 13.0. The van der Waals surface area contributed by atoms with E-state index in [0.717, 1.165) is 35.2 Å². The fourth-order valence-electron chi connectivity index (χ4n) is 4.18. The molecule has 3 aromatic rings. The summed E-state index contributed by atoms with van der Waals surface area (Å²) in [6.07, 6.45) is 1.84. The van der Waals surface area contributed by atoms with Gasteiger partial charge in [-0.1, -0.05) is 78.9 Å². The molecule has 3 amide bonds. The van der Waals surface area contributed by atoms with E-state index in [1.165, 1.54) is 0 Å². The third-order valence-electron chi connectivity index (χ3n) is 5.80. The van der Waals surface area contributed by atoms with Gasteiger partial charge in [-0.3, -0.25) is 14.4 Å². The Morgan fingerprint density at radius 1 is 0.758 bits per heavy atom. The molecule has 0 bridgehead atoms. The van der Waals surface area contributed by atoms with Crippen molar-refractivity contribution in [3.8, 4) is 0 Å². The van der Waals surface area contributed by atoms with Crippen molar-refractivity contribution in [1.29, 1.82) is 0 Å². The Balaban J connectivity index is 1.33. The van der Waals surface area contributed by atoms with E-state index < -0.39 is 11.8 Å². The van der Waals surface area contributed by atoms with Crippen LogP contribution in [0.1, 0.15) is 29.0 Å². The maximum Gasteiger partial charge on any atom is 0.246 e. The zero-order valence-electron chi connectivity index (χ0n) is 18.4. The molecule has 0 radical (unpaired) electrons. The molecule has 1 aliphatic heterocycles. The van der Waals surface area contributed by atoms with Gasteiger partial charge in [-0.2, -0.15) is 0 Å². The van der Waals surface area contributed by atoms with Crippen molar-refractivity contribution in [2.45, 2.75) is 18.8 Å². The normalized spacial score (nSPS) is 12.7. The van der Waals surface area contributed by atoms with Gasteiger partial charge < -0.3 is 15.5 Å². The molecule has 0 spiro atoms. The second-order valence-corrected chi connectivity index (χ2v) is 8.03. The van der Waals surface area contributed by atoms with E-state index in [0.29, 0.717) is 6.54 Å². The summed E-state index contributed by atoms with van der Waals surface area (Å²) in [6.45, 7) is 0.334. The van der Waals surface area contributed by atoms with Crippen LogP contribution in [-0.2, 0) is 20.8 Å². The van der Waals surface area contributed by atoms with Crippen LogP contribution in [0.5, 0.6) is 0 Å². The van der Waals surface area contributed by atoms with Crippen molar-refractivity contribution >= 4 is 23.4 Å². The van der Waals surface area contributed by atoms with Gasteiger partial charge in [-0.05, 0) is 35.6 Å². The van der Waals surface area contributed by atoms with E-state index in [1.54, 1.807) is 4.90 Å². The summed E-state index contributed by atoms with van der Waals surface area (Å²) in [6, 6.07) is 26.8. The van der Waals surface area contributed by atoms with Crippen LogP contribution in [0.4, 0.5) is 5.69 Å². The second-order valence-electron chi connectivity index (χ2n) is 8.03. The molecule has 6 nitrogen and oxygen atoms in total. The van der Waals surface area contributed by atoms with E-state index in [4.69, 9.17) is 0 Å². The molecule has 0 aliphatic carbocycles. The van der Waals surface area contributed by atoms with E-state index >= 15 is 0 Å². The molecule has 0 saturated heterocycles. The number of fused-ring (bicyclic) bond motifs is 1. The fourth-order valence-corrected chi connectivity index (χ4v) is 4.18. The lowest BCUT2D eigenvalue weighted by molar-refractivity contribution is -0.127. The molecule has 0 fully saturated rings. The Morgan fingerprint density at radius 3 is 2.03 bits per heavy atom. The first-order valence-corrected chi connectivity index (χ1v) is 11.2. The molecule has 6 heteroatoms. The third-order valence-corrected chi connectivity index (χ3v) is 5.80. The van der Waals surface area contributed by atoms with E-state index in [1.807, 2.05) is 84.9 Å². The monoisotopic (exact) mass is 441 g/mol. The summed E-state index contributed by atoms with van der Waals surface area (Å²) in [5, 5.41) is 5.36. The molecule has 4 rings (SSSR count). The summed E-state index contributed by atoms with van der Waals surface area (Å²) in [4.78, 5) is 39.8. The number of benzene rings is 3. The van der Waals surface area contributed by atoms with E-state index in [2.05, 4.69) is 10.6 Å². The van der Waals surface area contributed by atoms with Crippen molar-refractivity contribution in [3.05, 3.63) is 102 Å². The zero-order chi connectivity index (χ0) is 23.0. The Hall–Kier alpha value is -3.93. The highest BCUT2D eigenvalue weighted by molar-refractivity contribution is 5.98. The molecule has 0 aromatic heterocycles. The predicted octanol–water partition coefficient (Wildman–Crippen LogP) is 3.03. The van der Waals surface area contributed by atoms with Gasteiger partial charge in [0.05, 0.1) is 19.0 Å². The molecule has 0 unspecified atom stereocenters. The molecule has 2 N–H and O–H groups in total. The number of hydrogen-bond acceptors (Lipinski definition) is 3. The summed E-state index contributed by atoms with van der Waals surface area (Å²) >= 11 is 0. The Morgan fingerprint density at radius 2 is 1.36 bits per heavy atom. The van der Waals surface area contributed by atoms with Crippen molar-refractivity contribution in [2.24, 2.45) is 0 Å². The van der Waals surface area contributed by atoms with Crippen molar-refractivity contribution in [3.63, 3.8) is 0 Å². The quantitative estimate of drug-likeness (QED) is 0.592. The first-order valence-electron chi connectivity index (χ1n) is 11.2. The van der Waals surface area contributed by atoms with Gasteiger partial charge in [0.25, 0.3) is 0 Å². The van der Waals surface area contributed by atoms with Gasteiger partial charge in [0, 0.05) is 12.2 Å². The summed E-state index contributed by atoms with van der Waals surface area (Å²) in [7, 11) is 0. The van der Waals surface area contributed by atoms with Crippen LogP contribution in [0.15, 0.2) is 84.9 Å². The molecular weight excluding hydrogens is 414 g/mol. The molecular formula is C27H27N3O3. The number of anilines is 1. The van der Waals surface area contributed by atoms with Gasteiger partial charge in [-0.15, -0.1) is 0 Å². The van der Waals surface area contributed by atoms with Crippen LogP contribution in [0.2, 0.25) is 0 Å². The van der Waals surface area contributed by atoms with E-state index in [-0.39, 0.29) is 24.9 Å². The minimum absolute atomic E-state index is 0.107. The highest BCUT2D eigenvalue weighted by Gasteiger charge is 2.24. The molecule has 0 saturated carbocycles. The number of carbonyl (C=O) groups is 3. The summed E-state index contributed by atoms with van der Waals surface area (Å²) < 4.78 is 0. The number of hydrogen-bond donors (Lipinski definition) is 2. The highest BCUT2D eigenvalue weighted by atomic mass is 16.2. The zero-order valence-corrected chi connectivity index (χ0v) is 18.4. The number of nitrogens with one attached hydrogen (secondary N) is 2. The standard InChI is InChI=1S/C27H27N3O3/c31-24(28-19-25(32)30-17-9-15-20-10-7-8-16-23(20)30)18-29-27(33)26(21-11-3-1-4-12-21)22-13-5-2-6-14-22/h1-8,10-14,16,26H,9,15,17-19H2,(H,28,31)(H,29,33). The fraction of sp³-hybridized carbons (Fsp3) is 0.222. The third kappa shape index (κ3) is 5.47. The lowest BCUT2D eigenvalue weighted by Crippen LogP contribution is -2.45. The average molecular weight is 442 g/mol. The number of rotatable bonds is 7. The first kappa shape index (κ1) is 22.3. The lowest BCUT2D eigenvalue weighted by Gasteiger charge is -2.29. The molecule has 0 atom stereocenters. The minimum atomic E-state index is -0.522. The number of amides is 3. The van der Waals surface area contributed by atoms with Gasteiger partial charge in [0.1, 0.15) is 0 Å². The van der Waals surface area contributed by atoms with Gasteiger partial charge in [0.15, 0.2) is 0 Å². The number of aryl methyl sites for hydroxylation is 1. The van der Waals surface area contributed by atoms with Crippen LogP contribution in [0.3, 0.4) is 0 Å². The molecule has 1 heterocycles. The van der Waals surface area contributed by atoms with Crippen LogP contribution in [0.25, 0.3) is 0 Å². The summed E-state index contributed by atoms with van der Waals surface area (Å²) in [5.74, 6) is -1.35. The van der Waals surface area contributed by atoms with Crippen molar-refractivity contribution in [1.82, 2.24) is 10.6 Å². The van der Waals surface area contributed by atoms with Gasteiger partial charge >= 0.3 is 0 Å². The molecule has 33 heavy (non-hydrogen) atoms. The van der Waals surface area contributed by atoms with Crippen LogP contribution in [-0.4, -0.2) is 37.4 Å². The highest BCUT2D eigenvalue weighted by Crippen LogP contribution is 2.27. The Labute approximate surface area is 193 Å². The number of para-hydroxylation sites is 1. The van der Waals surface area contributed by atoms with Crippen LogP contribution < -0.4 is 15.5 Å². The SMILES string of the molecule is O=C(CNC(=O)C(c1ccccc1)c1ccccc1)NCC(=O)N1CCCc2ccccc21. The second kappa shape index (κ2) is 10.6.